The van der Waals surface area contributed by atoms with Crippen LogP contribution in [-0.4, -0.2) is 23.0 Å². The first-order chi connectivity index (χ1) is 13.3. The van der Waals surface area contributed by atoms with E-state index in [2.05, 4.69) is 21.5 Å². The van der Waals surface area contributed by atoms with Gasteiger partial charge >= 0.3 is 0 Å². The Hall–Kier alpha value is -3.07. The lowest BCUT2D eigenvalue weighted by atomic mass is 10.0. The van der Waals surface area contributed by atoms with E-state index in [1.807, 2.05) is 0 Å². The normalized spacial score (nSPS) is 11.5. The number of halogens is 2. The zero-order valence-electron chi connectivity index (χ0n) is 15.3. The van der Waals surface area contributed by atoms with Crippen molar-refractivity contribution < 1.29 is 18.4 Å². The predicted molar refractivity (Wildman–Crippen MR) is 106 cm³/mol. The van der Waals surface area contributed by atoms with Crippen molar-refractivity contribution in [2.75, 3.05) is 5.32 Å². The topological polar surface area (TPSA) is 82.3 Å². The molecule has 2 rings (SSSR count). The highest BCUT2D eigenvalue weighted by atomic mass is 32.1. The van der Waals surface area contributed by atoms with Gasteiger partial charge in [0.05, 0.1) is 0 Å². The number of carbonyl (C=O) groups excluding carboxylic acids is 2. The first kappa shape index (κ1) is 21.2. The van der Waals surface area contributed by atoms with Gasteiger partial charge in [0, 0.05) is 11.3 Å². The van der Waals surface area contributed by atoms with Gasteiger partial charge in [0.2, 0.25) is 0 Å². The van der Waals surface area contributed by atoms with E-state index in [0.29, 0.717) is 5.69 Å². The summed E-state index contributed by atoms with van der Waals surface area (Å²) in [7, 11) is 0. The van der Waals surface area contributed by atoms with E-state index in [0.717, 1.165) is 0 Å². The maximum absolute atomic E-state index is 13.0. The summed E-state index contributed by atoms with van der Waals surface area (Å²) in [6.07, 6.45) is 0. The third-order valence-corrected chi connectivity index (χ3v) is 3.95. The van der Waals surface area contributed by atoms with Gasteiger partial charge in [0.25, 0.3) is 11.8 Å². The van der Waals surface area contributed by atoms with Crippen LogP contribution in [0.3, 0.4) is 0 Å². The van der Waals surface area contributed by atoms with Crippen molar-refractivity contribution in [3.63, 3.8) is 0 Å². The predicted octanol–water partition coefficient (Wildman–Crippen LogP) is 2.74. The fraction of sp³-hybridized carbons (Fsp3) is 0.211. The van der Waals surface area contributed by atoms with E-state index in [1.165, 1.54) is 48.5 Å². The summed E-state index contributed by atoms with van der Waals surface area (Å²) in [4.78, 5) is 24.7. The summed E-state index contributed by atoms with van der Waals surface area (Å²) in [5.74, 6) is -2.06. The molecule has 0 heterocycles. The highest BCUT2D eigenvalue weighted by Crippen LogP contribution is 2.08. The highest BCUT2D eigenvalue weighted by molar-refractivity contribution is 7.80. The molecule has 2 aromatic rings. The molecule has 0 saturated carbocycles. The number of benzene rings is 2. The fourth-order valence-corrected chi connectivity index (χ4v) is 2.42. The van der Waals surface area contributed by atoms with Gasteiger partial charge in [-0.3, -0.25) is 20.4 Å². The Morgan fingerprint density at radius 1 is 0.893 bits per heavy atom. The van der Waals surface area contributed by atoms with Crippen molar-refractivity contribution in [1.29, 1.82) is 0 Å². The van der Waals surface area contributed by atoms with Crippen LogP contribution in [0.1, 0.15) is 24.2 Å². The van der Waals surface area contributed by atoms with Gasteiger partial charge in [-0.15, -0.1) is 0 Å². The van der Waals surface area contributed by atoms with Crippen molar-refractivity contribution >= 4 is 34.8 Å². The number of hydrogen-bond acceptors (Lipinski definition) is 3. The summed E-state index contributed by atoms with van der Waals surface area (Å²) in [6.45, 7) is 3.54. The first-order valence-electron chi connectivity index (χ1n) is 8.45. The van der Waals surface area contributed by atoms with Crippen molar-refractivity contribution in [2.24, 2.45) is 5.92 Å². The molecule has 9 heteroatoms. The summed E-state index contributed by atoms with van der Waals surface area (Å²) in [5, 5.41) is 5.48. The first-order valence-corrected chi connectivity index (χ1v) is 8.86. The van der Waals surface area contributed by atoms with Gasteiger partial charge in [0.15, 0.2) is 5.11 Å². The van der Waals surface area contributed by atoms with E-state index in [4.69, 9.17) is 12.2 Å². The summed E-state index contributed by atoms with van der Waals surface area (Å²) < 4.78 is 25.9. The zero-order chi connectivity index (χ0) is 20.7. The lowest BCUT2D eigenvalue weighted by molar-refractivity contribution is -0.124. The Kier molecular flexibility index (Phi) is 7.39. The number of amides is 2. The summed E-state index contributed by atoms with van der Waals surface area (Å²) in [6, 6.07) is 9.67. The van der Waals surface area contributed by atoms with Crippen LogP contribution in [0.15, 0.2) is 48.5 Å². The summed E-state index contributed by atoms with van der Waals surface area (Å²) >= 11 is 5.06. The van der Waals surface area contributed by atoms with Gasteiger partial charge in [0.1, 0.15) is 17.7 Å². The molecule has 0 spiro atoms. The minimum atomic E-state index is -0.848. The van der Waals surface area contributed by atoms with E-state index in [1.54, 1.807) is 13.8 Å². The maximum atomic E-state index is 13.0. The fourth-order valence-electron chi connectivity index (χ4n) is 2.25. The molecule has 0 aliphatic heterocycles. The smallest absolute Gasteiger partial charge is 0.261 e. The largest absolute Gasteiger partial charge is 0.340 e. The number of rotatable bonds is 5. The Morgan fingerprint density at radius 2 is 1.43 bits per heavy atom. The number of hydrogen-bond donors (Lipinski definition) is 4. The maximum Gasteiger partial charge on any atom is 0.261 e. The van der Waals surface area contributed by atoms with Crippen LogP contribution < -0.4 is 21.5 Å². The molecule has 0 saturated heterocycles. The lowest BCUT2D eigenvalue weighted by Crippen LogP contribution is -2.54. The van der Waals surface area contributed by atoms with Gasteiger partial charge in [-0.25, -0.2) is 8.78 Å². The molecule has 0 aliphatic carbocycles. The molecule has 0 unspecified atom stereocenters. The standard InChI is InChI=1S/C19H20F2N4O2S/c1-11(2)16(23-17(26)12-3-5-13(20)6-4-12)18(27)24-25-19(28)22-15-9-7-14(21)8-10-15/h3-11,16H,1-2H3,(H,23,26)(H,24,27)(H2,22,25,28)/t16-/m0/s1. The third kappa shape index (κ3) is 6.27. The molecular formula is C19H20F2N4O2S. The van der Waals surface area contributed by atoms with Crippen LogP contribution >= 0.6 is 12.2 Å². The minimum absolute atomic E-state index is 0.0901. The van der Waals surface area contributed by atoms with E-state index >= 15 is 0 Å². The SMILES string of the molecule is CC(C)[C@H](NC(=O)c1ccc(F)cc1)C(=O)NNC(=S)Nc1ccc(F)cc1. The molecule has 0 aliphatic rings. The molecule has 28 heavy (non-hydrogen) atoms. The summed E-state index contributed by atoms with van der Waals surface area (Å²) in [5.41, 5.74) is 5.72. The molecule has 148 valence electrons. The van der Waals surface area contributed by atoms with E-state index in [9.17, 15) is 18.4 Å². The van der Waals surface area contributed by atoms with Crippen molar-refractivity contribution in [3.8, 4) is 0 Å². The second-order valence-corrected chi connectivity index (χ2v) is 6.69. The number of anilines is 1. The number of thiocarbonyl (C=S) groups is 1. The number of nitrogens with one attached hydrogen (secondary N) is 4. The molecule has 2 aromatic carbocycles. The Balaban J connectivity index is 1.91. The lowest BCUT2D eigenvalue weighted by Gasteiger charge is -2.22. The van der Waals surface area contributed by atoms with Crippen LogP contribution in [0.2, 0.25) is 0 Å². The van der Waals surface area contributed by atoms with Crippen molar-refractivity contribution in [2.45, 2.75) is 19.9 Å². The Labute approximate surface area is 166 Å². The van der Waals surface area contributed by atoms with Crippen molar-refractivity contribution in [1.82, 2.24) is 16.2 Å². The average molecular weight is 406 g/mol. The van der Waals surface area contributed by atoms with E-state index < -0.39 is 23.7 Å². The molecule has 4 N–H and O–H groups in total. The van der Waals surface area contributed by atoms with Crippen LogP contribution in [-0.2, 0) is 4.79 Å². The molecule has 6 nitrogen and oxygen atoms in total. The second kappa shape index (κ2) is 9.75. The molecule has 2 amide bonds. The molecule has 0 bridgehead atoms. The molecule has 1 atom stereocenters. The molecule has 0 fully saturated rings. The second-order valence-electron chi connectivity index (χ2n) is 6.28. The van der Waals surface area contributed by atoms with Crippen molar-refractivity contribution in [3.05, 3.63) is 65.7 Å². The monoisotopic (exact) mass is 406 g/mol. The quantitative estimate of drug-likeness (QED) is 0.454. The zero-order valence-corrected chi connectivity index (χ0v) is 16.1. The van der Waals surface area contributed by atoms with Gasteiger partial charge in [-0.1, -0.05) is 13.8 Å². The number of hydrazine groups is 1. The number of carbonyl (C=O) groups is 2. The van der Waals surface area contributed by atoms with Gasteiger partial charge < -0.3 is 10.6 Å². The highest BCUT2D eigenvalue weighted by Gasteiger charge is 2.24. The molecule has 0 aromatic heterocycles. The molecular weight excluding hydrogens is 386 g/mol. The van der Waals surface area contributed by atoms with Gasteiger partial charge in [-0.05, 0) is 66.7 Å². The third-order valence-electron chi connectivity index (χ3n) is 3.74. The van der Waals surface area contributed by atoms with Crippen LogP contribution in [0.5, 0.6) is 0 Å². The van der Waals surface area contributed by atoms with Crippen LogP contribution in [0, 0.1) is 17.6 Å². The average Bonchev–Trinajstić information content (AvgIpc) is 2.66. The minimum Gasteiger partial charge on any atom is -0.340 e. The molecule has 0 radical (unpaired) electrons. The van der Waals surface area contributed by atoms with Crippen LogP contribution in [0.4, 0.5) is 14.5 Å². The van der Waals surface area contributed by atoms with Crippen LogP contribution in [0.25, 0.3) is 0 Å². The Bertz CT molecular complexity index is 842. The van der Waals surface area contributed by atoms with Gasteiger partial charge in [-0.2, -0.15) is 0 Å². The Morgan fingerprint density at radius 3 is 1.96 bits per heavy atom. The van der Waals surface area contributed by atoms with E-state index in [-0.39, 0.29) is 22.4 Å².